The second kappa shape index (κ2) is 5.82. The molecule has 7 heteroatoms. The fraction of sp³-hybridized carbons (Fsp3) is 0.111. The molecule has 3 N–H and O–H groups in total. The van der Waals surface area contributed by atoms with Crippen LogP contribution >= 0.6 is 11.6 Å². The van der Waals surface area contributed by atoms with E-state index in [1.165, 1.54) is 0 Å². The fourth-order valence-corrected chi connectivity index (χ4v) is 3.24. The highest BCUT2D eigenvalue weighted by molar-refractivity contribution is 6.38. The summed E-state index contributed by atoms with van der Waals surface area (Å²) >= 11 is 6.44. The molecule has 0 saturated heterocycles. The molecular weight excluding hydrogens is 338 g/mol. The van der Waals surface area contributed by atoms with Gasteiger partial charge in [-0.3, -0.25) is 0 Å². The molecule has 2 aromatic heterocycles. The molecule has 0 spiro atoms. The number of nitrogens with one attached hydrogen (secondary N) is 1. The Bertz CT molecular complexity index is 1070. The van der Waals surface area contributed by atoms with E-state index < -0.39 is 0 Å². The molecule has 4 aromatic rings. The van der Waals surface area contributed by atoms with Crippen LogP contribution in [0.25, 0.3) is 21.9 Å². The largest absolute Gasteiger partial charge is 0.497 e. The lowest BCUT2D eigenvalue weighted by Gasteiger charge is -2.20. The van der Waals surface area contributed by atoms with E-state index in [-0.39, 0.29) is 5.95 Å². The third kappa shape index (κ3) is 2.51. The van der Waals surface area contributed by atoms with Crippen LogP contribution in [0.2, 0.25) is 5.02 Å². The molecule has 126 valence electrons. The van der Waals surface area contributed by atoms with Crippen molar-refractivity contribution in [2.45, 2.75) is 0 Å². The molecule has 0 fully saturated rings. The highest BCUT2D eigenvalue weighted by atomic mass is 35.5. The van der Waals surface area contributed by atoms with Gasteiger partial charge >= 0.3 is 0 Å². The van der Waals surface area contributed by atoms with Gasteiger partial charge in [-0.15, -0.1) is 0 Å². The molecule has 0 bridgehead atoms. The average Bonchev–Trinajstić information content (AvgIpc) is 3.00. The first-order chi connectivity index (χ1) is 12.1. The molecular formula is C18H16ClN5O. The number of nitrogens with zero attached hydrogens (tertiary/aromatic N) is 3. The summed E-state index contributed by atoms with van der Waals surface area (Å²) in [4.78, 5) is 14.0. The first-order valence-corrected chi connectivity index (χ1v) is 8.07. The summed E-state index contributed by atoms with van der Waals surface area (Å²) in [5, 5.41) is 2.36. The number of fused-ring (bicyclic) bond motifs is 3. The highest BCUT2D eigenvalue weighted by Crippen LogP contribution is 2.38. The van der Waals surface area contributed by atoms with Gasteiger partial charge < -0.3 is 20.4 Å². The molecule has 0 amide bonds. The number of nitrogen functional groups attached to an aromatic ring is 1. The summed E-state index contributed by atoms with van der Waals surface area (Å²) in [6.45, 7) is 0. The topological polar surface area (TPSA) is 80.1 Å². The van der Waals surface area contributed by atoms with Crippen molar-refractivity contribution in [1.29, 1.82) is 0 Å². The number of methoxy groups -OCH3 is 1. The van der Waals surface area contributed by atoms with Gasteiger partial charge in [-0.2, -0.15) is 9.97 Å². The zero-order valence-electron chi connectivity index (χ0n) is 13.7. The molecule has 4 rings (SSSR count). The number of H-pyrrole nitrogens is 1. The number of aromatic nitrogens is 3. The van der Waals surface area contributed by atoms with E-state index >= 15 is 0 Å². The van der Waals surface area contributed by atoms with Crippen LogP contribution in [0.4, 0.5) is 17.5 Å². The van der Waals surface area contributed by atoms with Gasteiger partial charge in [-0.1, -0.05) is 17.7 Å². The van der Waals surface area contributed by atoms with Crippen LogP contribution in [0.1, 0.15) is 0 Å². The SMILES string of the molecule is COc1ccc(N(C)c2nc(N)nc3[nH]c4cccc(Cl)c4c23)cc1. The van der Waals surface area contributed by atoms with Gasteiger partial charge in [0.1, 0.15) is 17.2 Å². The quantitative estimate of drug-likeness (QED) is 0.579. The number of aromatic amines is 1. The maximum absolute atomic E-state index is 6.44. The van der Waals surface area contributed by atoms with Crippen LogP contribution in [0.5, 0.6) is 5.75 Å². The molecule has 0 aliphatic heterocycles. The molecule has 0 unspecified atom stereocenters. The standard InChI is InChI=1S/C18H16ClN5O/c1-24(10-6-8-11(25-2)9-7-10)17-15-14-12(19)4-3-5-13(14)21-16(15)22-18(20)23-17/h3-9H,1-2H3,(H3,20,21,22,23). The minimum atomic E-state index is 0.200. The summed E-state index contributed by atoms with van der Waals surface area (Å²) in [5.41, 5.74) is 8.42. The molecule has 0 saturated carbocycles. The second-order valence-corrected chi connectivity index (χ2v) is 6.08. The molecule has 0 aliphatic rings. The number of hydrogen-bond donors (Lipinski definition) is 2. The lowest BCUT2D eigenvalue weighted by molar-refractivity contribution is 0.415. The zero-order chi connectivity index (χ0) is 17.6. The first-order valence-electron chi connectivity index (χ1n) is 7.69. The predicted molar refractivity (Wildman–Crippen MR) is 102 cm³/mol. The Morgan fingerprint density at radius 3 is 2.56 bits per heavy atom. The lowest BCUT2D eigenvalue weighted by atomic mass is 10.2. The summed E-state index contributed by atoms with van der Waals surface area (Å²) in [6, 6.07) is 13.4. The summed E-state index contributed by atoms with van der Waals surface area (Å²) < 4.78 is 5.22. The van der Waals surface area contributed by atoms with Gasteiger partial charge in [0.05, 0.1) is 17.5 Å². The minimum Gasteiger partial charge on any atom is -0.497 e. The first kappa shape index (κ1) is 15.5. The Morgan fingerprint density at radius 1 is 1.08 bits per heavy atom. The maximum Gasteiger partial charge on any atom is 0.224 e. The third-order valence-corrected chi connectivity index (χ3v) is 4.52. The zero-order valence-corrected chi connectivity index (χ0v) is 14.5. The van der Waals surface area contributed by atoms with Crippen molar-refractivity contribution in [2.24, 2.45) is 0 Å². The van der Waals surface area contributed by atoms with E-state index in [1.54, 1.807) is 7.11 Å². The third-order valence-electron chi connectivity index (χ3n) is 4.20. The van der Waals surface area contributed by atoms with Crippen molar-refractivity contribution in [3.05, 3.63) is 47.5 Å². The molecule has 2 aromatic carbocycles. The van der Waals surface area contributed by atoms with Crippen molar-refractivity contribution in [1.82, 2.24) is 15.0 Å². The monoisotopic (exact) mass is 353 g/mol. The van der Waals surface area contributed by atoms with Gasteiger partial charge in [0.15, 0.2) is 0 Å². The van der Waals surface area contributed by atoms with Gasteiger partial charge in [0.2, 0.25) is 5.95 Å². The van der Waals surface area contributed by atoms with E-state index in [4.69, 9.17) is 22.1 Å². The highest BCUT2D eigenvalue weighted by Gasteiger charge is 2.18. The number of rotatable bonds is 3. The van der Waals surface area contributed by atoms with Crippen LogP contribution < -0.4 is 15.4 Å². The number of anilines is 3. The van der Waals surface area contributed by atoms with Gasteiger partial charge in [-0.25, -0.2) is 0 Å². The Hall–Kier alpha value is -2.99. The van der Waals surface area contributed by atoms with Crippen molar-refractivity contribution in [2.75, 3.05) is 24.8 Å². The van der Waals surface area contributed by atoms with Crippen molar-refractivity contribution in [3.63, 3.8) is 0 Å². The van der Waals surface area contributed by atoms with Crippen LogP contribution in [-0.2, 0) is 0 Å². The minimum absolute atomic E-state index is 0.200. The Kier molecular flexibility index (Phi) is 3.62. The Morgan fingerprint density at radius 2 is 1.84 bits per heavy atom. The smallest absolute Gasteiger partial charge is 0.224 e. The predicted octanol–water partition coefficient (Wildman–Crippen LogP) is 4.12. The van der Waals surface area contributed by atoms with Gasteiger partial charge in [-0.05, 0) is 36.4 Å². The second-order valence-electron chi connectivity index (χ2n) is 5.67. The van der Waals surface area contributed by atoms with Crippen LogP contribution in [0.3, 0.4) is 0 Å². The van der Waals surface area contributed by atoms with E-state index in [9.17, 15) is 0 Å². The average molecular weight is 354 g/mol. The van der Waals surface area contributed by atoms with Crippen molar-refractivity contribution >= 4 is 51.0 Å². The fourth-order valence-electron chi connectivity index (χ4n) is 2.97. The molecule has 0 radical (unpaired) electrons. The normalized spacial score (nSPS) is 11.2. The van der Waals surface area contributed by atoms with Crippen LogP contribution in [0.15, 0.2) is 42.5 Å². The number of ether oxygens (including phenoxy) is 1. The van der Waals surface area contributed by atoms with E-state index in [0.29, 0.717) is 16.5 Å². The summed E-state index contributed by atoms with van der Waals surface area (Å²) in [7, 11) is 3.57. The van der Waals surface area contributed by atoms with Gasteiger partial charge in [0, 0.05) is 23.6 Å². The maximum atomic E-state index is 6.44. The molecule has 0 atom stereocenters. The van der Waals surface area contributed by atoms with Crippen LogP contribution in [0, 0.1) is 0 Å². The summed E-state index contributed by atoms with van der Waals surface area (Å²) in [5.74, 6) is 1.68. The molecule has 2 heterocycles. The Balaban J connectivity index is 1.97. The van der Waals surface area contributed by atoms with E-state index in [1.807, 2.05) is 54.4 Å². The van der Waals surface area contributed by atoms with Gasteiger partial charge in [0.25, 0.3) is 0 Å². The molecule has 0 aliphatic carbocycles. The summed E-state index contributed by atoms with van der Waals surface area (Å²) in [6.07, 6.45) is 0. The molecule has 6 nitrogen and oxygen atoms in total. The lowest BCUT2D eigenvalue weighted by Crippen LogP contribution is -2.13. The van der Waals surface area contributed by atoms with E-state index in [2.05, 4.69) is 15.0 Å². The van der Waals surface area contributed by atoms with E-state index in [0.717, 1.165) is 27.7 Å². The number of nitrogens with two attached hydrogens (primary N) is 1. The van der Waals surface area contributed by atoms with Crippen molar-refractivity contribution < 1.29 is 4.74 Å². The Labute approximate surface area is 149 Å². The number of halogens is 1. The number of benzene rings is 2. The number of hydrogen-bond acceptors (Lipinski definition) is 5. The van der Waals surface area contributed by atoms with Crippen LogP contribution in [-0.4, -0.2) is 29.1 Å². The molecule has 25 heavy (non-hydrogen) atoms. The van der Waals surface area contributed by atoms with Crippen molar-refractivity contribution in [3.8, 4) is 5.75 Å².